The number of aromatic nitrogens is 2. The molecule has 4 heteroatoms. The fourth-order valence-corrected chi connectivity index (χ4v) is 1.04. The molecule has 1 aromatic rings. The summed E-state index contributed by atoms with van der Waals surface area (Å²) in [4.78, 5) is 11.5. The summed E-state index contributed by atoms with van der Waals surface area (Å²) in [6.07, 6.45) is 3.27. The number of allylic oxidation sites excluding steroid dienone is 1. The molecule has 0 saturated heterocycles. The quantitative estimate of drug-likeness (QED) is 0.544. The van der Waals surface area contributed by atoms with Crippen molar-refractivity contribution in [2.24, 2.45) is 5.73 Å². The molecule has 1 heterocycles. The minimum Gasteiger partial charge on any atom is -0.321 e. The van der Waals surface area contributed by atoms with Crippen LogP contribution in [0.3, 0.4) is 0 Å². The monoisotopic (exact) mass is 179 g/mol. The second kappa shape index (κ2) is 4.00. The van der Waals surface area contributed by atoms with E-state index >= 15 is 0 Å². The van der Waals surface area contributed by atoms with Crippen LogP contribution in [0.2, 0.25) is 0 Å². The standard InChI is InChI=1S/C9H13N3O/c1-3-6-12-8(4-5-11-12)9(13)7(2)10/h3-5,7H,1,6,10H2,2H3. The first-order valence-electron chi connectivity index (χ1n) is 4.09. The van der Waals surface area contributed by atoms with E-state index in [4.69, 9.17) is 5.73 Å². The van der Waals surface area contributed by atoms with E-state index < -0.39 is 6.04 Å². The Labute approximate surface area is 77.0 Å². The molecule has 0 spiro atoms. The van der Waals surface area contributed by atoms with Crippen LogP contribution in [0.15, 0.2) is 24.9 Å². The van der Waals surface area contributed by atoms with Crippen LogP contribution >= 0.6 is 0 Å². The van der Waals surface area contributed by atoms with Crippen LogP contribution in [-0.4, -0.2) is 21.6 Å². The van der Waals surface area contributed by atoms with Gasteiger partial charge in [0.15, 0.2) is 5.78 Å². The first kappa shape index (κ1) is 9.67. The van der Waals surface area contributed by atoms with Gasteiger partial charge in [-0.25, -0.2) is 0 Å². The highest BCUT2D eigenvalue weighted by Crippen LogP contribution is 2.02. The molecular weight excluding hydrogens is 166 g/mol. The molecule has 0 aromatic carbocycles. The Morgan fingerprint density at radius 1 is 1.92 bits per heavy atom. The van der Waals surface area contributed by atoms with E-state index in [1.807, 2.05) is 0 Å². The van der Waals surface area contributed by atoms with Crippen LogP contribution in [0, 0.1) is 0 Å². The molecule has 0 amide bonds. The average molecular weight is 179 g/mol. The highest BCUT2D eigenvalue weighted by atomic mass is 16.1. The fourth-order valence-electron chi connectivity index (χ4n) is 1.04. The lowest BCUT2D eigenvalue weighted by atomic mass is 10.2. The number of carbonyl (C=O) groups excluding carboxylic acids is 1. The van der Waals surface area contributed by atoms with Crippen LogP contribution in [0.5, 0.6) is 0 Å². The van der Waals surface area contributed by atoms with E-state index in [1.54, 1.807) is 29.9 Å². The summed E-state index contributed by atoms with van der Waals surface area (Å²) in [5.41, 5.74) is 6.01. The highest BCUT2D eigenvalue weighted by Gasteiger charge is 2.14. The number of hydrogen-bond acceptors (Lipinski definition) is 3. The molecule has 1 rings (SSSR count). The molecule has 0 fully saturated rings. The number of hydrogen-bond donors (Lipinski definition) is 1. The number of rotatable bonds is 4. The molecular formula is C9H13N3O. The Bertz CT molecular complexity index is 314. The Morgan fingerprint density at radius 3 is 3.15 bits per heavy atom. The maximum Gasteiger partial charge on any atom is 0.197 e. The first-order valence-corrected chi connectivity index (χ1v) is 4.09. The molecule has 0 radical (unpaired) electrons. The van der Waals surface area contributed by atoms with E-state index in [1.165, 1.54) is 0 Å². The second-order valence-electron chi connectivity index (χ2n) is 2.84. The van der Waals surface area contributed by atoms with Crippen LogP contribution in [0.4, 0.5) is 0 Å². The summed E-state index contributed by atoms with van der Waals surface area (Å²) in [7, 11) is 0. The zero-order valence-corrected chi connectivity index (χ0v) is 7.60. The van der Waals surface area contributed by atoms with E-state index in [9.17, 15) is 4.79 Å². The van der Waals surface area contributed by atoms with Gasteiger partial charge in [0.1, 0.15) is 5.69 Å². The summed E-state index contributed by atoms with van der Waals surface area (Å²) >= 11 is 0. The molecule has 0 bridgehead atoms. The average Bonchev–Trinajstić information content (AvgIpc) is 2.52. The third kappa shape index (κ3) is 2.03. The van der Waals surface area contributed by atoms with Crippen molar-refractivity contribution in [2.45, 2.75) is 19.5 Å². The van der Waals surface area contributed by atoms with Gasteiger partial charge in [-0.3, -0.25) is 9.48 Å². The number of Topliss-reactive ketones (excluding diaryl/α,β-unsaturated/α-hetero) is 1. The summed E-state index contributed by atoms with van der Waals surface area (Å²) in [5, 5.41) is 3.98. The largest absolute Gasteiger partial charge is 0.321 e. The summed E-state index contributed by atoms with van der Waals surface area (Å²) in [6.45, 7) is 5.77. The lowest BCUT2D eigenvalue weighted by Crippen LogP contribution is -2.28. The number of nitrogens with two attached hydrogens (primary N) is 1. The topological polar surface area (TPSA) is 60.9 Å². The molecule has 0 aliphatic heterocycles. The van der Waals surface area contributed by atoms with E-state index in [-0.39, 0.29) is 5.78 Å². The van der Waals surface area contributed by atoms with Gasteiger partial charge in [0, 0.05) is 6.20 Å². The zero-order chi connectivity index (χ0) is 9.84. The van der Waals surface area contributed by atoms with Gasteiger partial charge in [-0.15, -0.1) is 6.58 Å². The van der Waals surface area contributed by atoms with Gasteiger partial charge < -0.3 is 5.73 Å². The van der Waals surface area contributed by atoms with Crippen LogP contribution in [0.25, 0.3) is 0 Å². The van der Waals surface area contributed by atoms with Crippen molar-refractivity contribution in [3.63, 3.8) is 0 Å². The lowest BCUT2D eigenvalue weighted by molar-refractivity contribution is 0.0958. The highest BCUT2D eigenvalue weighted by molar-refractivity contribution is 5.98. The van der Waals surface area contributed by atoms with Gasteiger partial charge in [0.2, 0.25) is 0 Å². The van der Waals surface area contributed by atoms with Gasteiger partial charge in [0.25, 0.3) is 0 Å². The van der Waals surface area contributed by atoms with Gasteiger partial charge in [0.05, 0.1) is 12.6 Å². The maximum absolute atomic E-state index is 11.5. The summed E-state index contributed by atoms with van der Waals surface area (Å²) in [5.74, 6) is -0.0978. The Kier molecular flexibility index (Phi) is 2.97. The number of ketones is 1. The minimum absolute atomic E-state index is 0.0978. The SMILES string of the molecule is C=CCn1nccc1C(=O)C(C)N. The molecule has 70 valence electrons. The maximum atomic E-state index is 11.5. The molecule has 0 saturated carbocycles. The van der Waals surface area contributed by atoms with Crippen LogP contribution in [-0.2, 0) is 6.54 Å². The van der Waals surface area contributed by atoms with Crippen LogP contribution < -0.4 is 5.73 Å². The van der Waals surface area contributed by atoms with Gasteiger partial charge in [-0.1, -0.05) is 6.08 Å². The van der Waals surface area contributed by atoms with E-state index in [0.717, 1.165) is 0 Å². The van der Waals surface area contributed by atoms with Crippen molar-refractivity contribution >= 4 is 5.78 Å². The summed E-state index contributed by atoms with van der Waals surface area (Å²) in [6, 6.07) is 1.18. The Balaban J connectivity index is 2.93. The molecule has 0 aliphatic carbocycles. The molecule has 13 heavy (non-hydrogen) atoms. The molecule has 0 aliphatic rings. The van der Waals surface area contributed by atoms with Crippen molar-refractivity contribution in [2.75, 3.05) is 0 Å². The van der Waals surface area contributed by atoms with Gasteiger partial charge in [-0.05, 0) is 13.0 Å². The predicted octanol–water partition coefficient (Wildman–Crippen LogP) is 0.599. The minimum atomic E-state index is -0.486. The second-order valence-corrected chi connectivity index (χ2v) is 2.84. The van der Waals surface area contributed by atoms with Gasteiger partial charge in [-0.2, -0.15) is 5.10 Å². The van der Waals surface area contributed by atoms with E-state index in [0.29, 0.717) is 12.2 Å². The zero-order valence-electron chi connectivity index (χ0n) is 7.60. The van der Waals surface area contributed by atoms with Crippen molar-refractivity contribution in [3.05, 3.63) is 30.6 Å². The molecule has 4 nitrogen and oxygen atoms in total. The van der Waals surface area contributed by atoms with Gasteiger partial charge >= 0.3 is 0 Å². The first-order chi connectivity index (χ1) is 6.16. The predicted molar refractivity (Wildman–Crippen MR) is 50.4 cm³/mol. The number of carbonyl (C=O) groups is 1. The van der Waals surface area contributed by atoms with Crippen molar-refractivity contribution in [1.29, 1.82) is 0 Å². The third-order valence-electron chi connectivity index (χ3n) is 1.68. The smallest absolute Gasteiger partial charge is 0.197 e. The van der Waals surface area contributed by atoms with Crippen molar-refractivity contribution in [1.82, 2.24) is 9.78 Å². The molecule has 2 N–H and O–H groups in total. The fraction of sp³-hybridized carbons (Fsp3) is 0.333. The normalized spacial score (nSPS) is 12.5. The lowest BCUT2D eigenvalue weighted by Gasteiger charge is -2.05. The molecule has 1 unspecified atom stereocenters. The van der Waals surface area contributed by atoms with Crippen LogP contribution in [0.1, 0.15) is 17.4 Å². The third-order valence-corrected chi connectivity index (χ3v) is 1.68. The van der Waals surface area contributed by atoms with E-state index in [2.05, 4.69) is 11.7 Å². The van der Waals surface area contributed by atoms with Crippen molar-refractivity contribution < 1.29 is 4.79 Å². The summed E-state index contributed by atoms with van der Waals surface area (Å²) < 4.78 is 1.58. The molecule has 1 atom stereocenters. The Hall–Kier alpha value is -1.42. The molecule has 1 aromatic heterocycles. The Morgan fingerprint density at radius 2 is 2.62 bits per heavy atom. The van der Waals surface area contributed by atoms with Crippen molar-refractivity contribution in [3.8, 4) is 0 Å². The number of nitrogens with zero attached hydrogens (tertiary/aromatic N) is 2.